The van der Waals surface area contributed by atoms with Gasteiger partial charge in [-0.15, -0.1) is 0 Å². The molecule has 6 nitrogen and oxygen atoms in total. The van der Waals surface area contributed by atoms with Gasteiger partial charge < -0.3 is 4.90 Å². The highest BCUT2D eigenvalue weighted by molar-refractivity contribution is 8.00. The average Bonchev–Trinajstić information content (AvgIpc) is 3.11. The fourth-order valence-electron chi connectivity index (χ4n) is 3.37. The van der Waals surface area contributed by atoms with Crippen molar-refractivity contribution in [3.63, 3.8) is 0 Å². The summed E-state index contributed by atoms with van der Waals surface area (Å²) >= 11 is 7.73. The number of halogens is 1. The molecule has 140 valence electrons. The zero-order chi connectivity index (χ0) is 18.8. The number of carbonyl (C=O) groups is 1. The van der Waals surface area contributed by atoms with E-state index in [2.05, 4.69) is 22.0 Å². The summed E-state index contributed by atoms with van der Waals surface area (Å²) in [6.45, 7) is 3.90. The van der Waals surface area contributed by atoms with E-state index in [-0.39, 0.29) is 5.91 Å². The molecule has 2 aromatic heterocycles. The second-order valence-corrected chi connectivity index (χ2v) is 8.17. The number of nitrogens with zero attached hydrogens (tertiary/aromatic N) is 5. The van der Waals surface area contributed by atoms with Crippen molar-refractivity contribution in [2.75, 3.05) is 18.8 Å². The van der Waals surface area contributed by atoms with Crippen LogP contribution >= 0.6 is 23.4 Å². The van der Waals surface area contributed by atoms with Crippen LogP contribution in [0.2, 0.25) is 5.02 Å². The van der Waals surface area contributed by atoms with Gasteiger partial charge in [0.25, 0.3) is 0 Å². The van der Waals surface area contributed by atoms with E-state index in [1.54, 1.807) is 10.9 Å². The molecule has 1 amide bonds. The number of hydrogen-bond acceptors (Lipinski definition) is 5. The molecule has 27 heavy (non-hydrogen) atoms. The van der Waals surface area contributed by atoms with Gasteiger partial charge in [0, 0.05) is 13.1 Å². The molecule has 1 fully saturated rings. The van der Waals surface area contributed by atoms with Gasteiger partial charge in [0.1, 0.15) is 11.4 Å². The lowest BCUT2D eigenvalue weighted by Crippen LogP contribution is -2.40. The number of thioether (sulfide) groups is 1. The zero-order valence-corrected chi connectivity index (χ0v) is 16.6. The van der Waals surface area contributed by atoms with Crippen molar-refractivity contribution in [1.82, 2.24) is 24.6 Å². The van der Waals surface area contributed by atoms with Crippen molar-refractivity contribution in [2.45, 2.75) is 24.8 Å². The lowest BCUT2D eigenvalue weighted by Gasteiger charge is -2.30. The number of aromatic nitrogens is 4. The second-order valence-electron chi connectivity index (χ2n) is 6.80. The van der Waals surface area contributed by atoms with Crippen LogP contribution in [0.4, 0.5) is 0 Å². The van der Waals surface area contributed by atoms with E-state index in [0.29, 0.717) is 22.3 Å². The quantitative estimate of drug-likeness (QED) is 0.491. The number of benzene rings is 1. The molecule has 8 heteroatoms. The first-order valence-corrected chi connectivity index (χ1v) is 10.3. The second kappa shape index (κ2) is 7.86. The largest absolute Gasteiger partial charge is 0.342 e. The Hall–Kier alpha value is -2.12. The van der Waals surface area contributed by atoms with E-state index in [4.69, 9.17) is 11.6 Å². The van der Waals surface area contributed by atoms with Gasteiger partial charge >= 0.3 is 0 Å². The first kappa shape index (κ1) is 18.3. The molecule has 1 aromatic carbocycles. The molecule has 3 heterocycles. The Morgan fingerprint density at radius 3 is 3.00 bits per heavy atom. The maximum Gasteiger partial charge on any atom is 0.232 e. The molecular weight excluding hydrogens is 382 g/mol. The Bertz CT molecular complexity index is 976. The molecule has 1 atom stereocenters. The molecule has 0 unspecified atom stereocenters. The zero-order valence-electron chi connectivity index (χ0n) is 15.0. The normalized spacial score (nSPS) is 17.4. The standard InChI is InChI=1S/C19H20ClN5OS/c1-13-5-4-8-24(10-13)17(26)11-27-19-14-9-23-25(18(14)21-12-22-19)16-7-3-2-6-15(16)20/h2-3,6-7,9,12-13H,4-5,8,10-11H2,1H3/t13-/m0/s1. The number of likely N-dealkylation sites (tertiary alicyclic amines) is 1. The third-order valence-corrected chi connectivity index (χ3v) is 6.06. The molecular formula is C19H20ClN5OS. The van der Waals surface area contributed by atoms with Crippen LogP contribution in [0.5, 0.6) is 0 Å². The highest BCUT2D eigenvalue weighted by atomic mass is 35.5. The van der Waals surface area contributed by atoms with Crippen molar-refractivity contribution in [3.05, 3.63) is 41.8 Å². The summed E-state index contributed by atoms with van der Waals surface area (Å²) in [6.07, 6.45) is 5.52. The summed E-state index contributed by atoms with van der Waals surface area (Å²) in [5, 5.41) is 6.62. The maximum absolute atomic E-state index is 12.5. The fraction of sp³-hybridized carbons (Fsp3) is 0.368. The molecule has 0 N–H and O–H groups in total. The van der Waals surface area contributed by atoms with Crippen LogP contribution in [-0.2, 0) is 4.79 Å². The minimum atomic E-state index is 0.164. The van der Waals surface area contributed by atoms with Crippen LogP contribution in [0.15, 0.2) is 41.8 Å². The number of piperidine rings is 1. The third-order valence-electron chi connectivity index (χ3n) is 4.75. The summed E-state index contributed by atoms with van der Waals surface area (Å²) in [5.41, 5.74) is 1.45. The monoisotopic (exact) mass is 401 g/mol. The van der Waals surface area contributed by atoms with E-state index >= 15 is 0 Å². The van der Waals surface area contributed by atoms with Gasteiger partial charge in [-0.3, -0.25) is 4.79 Å². The third kappa shape index (κ3) is 3.80. The van der Waals surface area contributed by atoms with Gasteiger partial charge in [0.15, 0.2) is 5.65 Å². The van der Waals surface area contributed by atoms with Gasteiger partial charge in [-0.25, -0.2) is 14.6 Å². The van der Waals surface area contributed by atoms with E-state index < -0.39 is 0 Å². The van der Waals surface area contributed by atoms with Crippen LogP contribution in [0, 0.1) is 5.92 Å². The fourth-order valence-corrected chi connectivity index (χ4v) is 4.45. The number of rotatable bonds is 4. The summed E-state index contributed by atoms with van der Waals surface area (Å²) in [5.74, 6) is 1.11. The van der Waals surface area contributed by atoms with Gasteiger partial charge in [-0.05, 0) is 30.9 Å². The molecule has 1 aliphatic rings. The Labute approximate surface area is 166 Å². The van der Waals surface area contributed by atoms with Crippen LogP contribution in [0.1, 0.15) is 19.8 Å². The topological polar surface area (TPSA) is 63.9 Å². The Morgan fingerprint density at radius 2 is 2.19 bits per heavy atom. The molecule has 0 saturated carbocycles. The van der Waals surface area contributed by atoms with Crippen LogP contribution in [0.3, 0.4) is 0 Å². The van der Waals surface area contributed by atoms with Gasteiger partial charge in [0.05, 0.1) is 28.0 Å². The Balaban J connectivity index is 1.55. The highest BCUT2D eigenvalue weighted by Gasteiger charge is 2.21. The molecule has 1 aliphatic heterocycles. The van der Waals surface area contributed by atoms with E-state index in [9.17, 15) is 4.79 Å². The number of hydrogen-bond donors (Lipinski definition) is 0. The first-order chi connectivity index (χ1) is 13.1. The smallest absolute Gasteiger partial charge is 0.232 e. The molecule has 1 saturated heterocycles. The average molecular weight is 402 g/mol. The van der Waals surface area contributed by atoms with Crippen LogP contribution < -0.4 is 0 Å². The van der Waals surface area contributed by atoms with E-state index in [0.717, 1.165) is 35.6 Å². The number of para-hydroxylation sites is 1. The molecule has 0 bridgehead atoms. The van der Waals surface area contributed by atoms with Crippen molar-refractivity contribution in [2.24, 2.45) is 5.92 Å². The minimum Gasteiger partial charge on any atom is -0.342 e. The van der Waals surface area contributed by atoms with Crippen molar-refractivity contribution in [3.8, 4) is 5.69 Å². The predicted molar refractivity (Wildman–Crippen MR) is 107 cm³/mol. The summed E-state index contributed by atoms with van der Waals surface area (Å²) in [7, 11) is 0. The Kier molecular flexibility index (Phi) is 5.31. The predicted octanol–water partition coefficient (Wildman–Crippen LogP) is 3.82. The van der Waals surface area contributed by atoms with Crippen molar-refractivity contribution in [1.29, 1.82) is 0 Å². The van der Waals surface area contributed by atoms with Crippen LogP contribution in [0.25, 0.3) is 16.7 Å². The molecule has 0 radical (unpaired) electrons. The SMILES string of the molecule is C[C@H]1CCCN(C(=O)CSc2ncnc3c2cnn3-c2ccccc2Cl)C1. The lowest BCUT2D eigenvalue weighted by molar-refractivity contribution is -0.130. The number of amides is 1. The lowest BCUT2D eigenvalue weighted by atomic mass is 10.0. The molecule has 3 aromatic rings. The summed E-state index contributed by atoms with van der Waals surface area (Å²) < 4.78 is 1.71. The number of fused-ring (bicyclic) bond motifs is 1. The van der Waals surface area contributed by atoms with Crippen molar-refractivity contribution >= 4 is 40.3 Å². The summed E-state index contributed by atoms with van der Waals surface area (Å²) in [4.78, 5) is 23.2. The maximum atomic E-state index is 12.5. The van der Waals surface area contributed by atoms with Gasteiger partial charge in [-0.1, -0.05) is 42.4 Å². The van der Waals surface area contributed by atoms with E-state index in [1.807, 2.05) is 29.2 Å². The van der Waals surface area contributed by atoms with E-state index in [1.165, 1.54) is 24.5 Å². The Morgan fingerprint density at radius 1 is 1.33 bits per heavy atom. The van der Waals surface area contributed by atoms with Crippen molar-refractivity contribution < 1.29 is 4.79 Å². The van der Waals surface area contributed by atoms with Gasteiger partial charge in [-0.2, -0.15) is 5.10 Å². The molecule has 0 aliphatic carbocycles. The highest BCUT2D eigenvalue weighted by Crippen LogP contribution is 2.28. The first-order valence-electron chi connectivity index (χ1n) is 8.97. The van der Waals surface area contributed by atoms with Gasteiger partial charge in [0.2, 0.25) is 5.91 Å². The number of carbonyl (C=O) groups excluding carboxylic acids is 1. The van der Waals surface area contributed by atoms with Crippen LogP contribution in [-0.4, -0.2) is 49.4 Å². The molecule has 0 spiro atoms. The summed E-state index contributed by atoms with van der Waals surface area (Å²) in [6, 6.07) is 7.50. The molecule has 4 rings (SSSR count). The minimum absolute atomic E-state index is 0.164.